The third-order valence-corrected chi connectivity index (χ3v) is 23.6. The quantitative estimate of drug-likeness (QED) is 0.0320. The fraction of sp³-hybridized carbons (Fsp3) is 0.737. The molecule has 12 atom stereocenters. The second-order valence-electron chi connectivity index (χ2n) is 31.5. The van der Waals surface area contributed by atoms with Gasteiger partial charge in [0.1, 0.15) is 23.3 Å². The topological polar surface area (TPSA) is 490 Å². The highest BCUT2D eigenvalue weighted by Gasteiger charge is 2.34. The van der Waals surface area contributed by atoms with Crippen LogP contribution in [0.3, 0.4) is 0 Å². The summed E-state index contributed by atoms with van der Waals surface area (Å²) in [6, 6.07) is 1.43. The molecule has 0 aliphatic heterocycles. The lowest BCUT2D eigenvalue weighted by Gasteiger charge is -2.32. The monoisotopic (exact) mass is 1510 g/mol. The van der Waals surface area contributed by atoms with E-state index >= 15 is 0 Å². The SMILES string of the molecule is COC1CCC(Nc2ncc(C(N)=O)c(N[C@@H]3CC[C@@H](C)[C@H](O)C3)n2)CC1.COC1CCC(Nc2ncc(C(N)=O)c(N[C@@H]3CC[C@H](C)[C@@H](O)C3)n2)CC1.COC1CCC(Nc2ncc(C(N)=O)c(N[C@H]3CC[C@@H](C)[C@H](O)C3)n2)CC1.COC1CCC(Nc2ncc(C(N)=O)c(N[C@H]3CC[C@H](C)[C@@H](O)C3)n2)CC1. The second kappa shape index (κ2) is 41.4. The Kier molecular flexibility index (Phi) is 32.3. The number of carbonyl (C=O) groups excluding carboxylic acids is 4. The Labute approximate surface area is 635 Å². The first-order valence-electron chi connectivity index (χ1n) is 39.5. The number of carbonyl (C=O) groups is 4. The minimum Gasteiger partial charge on any atom is -0.393 e. The van der Waals surface area contributed by atoms with E-state index in [1.54, 1.807) is 28.4 Å². The Bertz CT molecular complexity index is 3040. The van der Waals surface area contributed by atoms with Crippen LogP contribution in [0, 0.1) is 23.7 Å². The number of nitrogens with one attached hydrogen (secondary N) is 8. The van der Waals surface area contributed by atoms with Crippen LogP contribution in [-0.2, 0) is 18.9 Å². The molecule has 0 radical (unpaired) electrons. The number of hydrogen-bond donors (Lipinski definition) is 16. The number of aromatic nitrogens is 8. The molecule has 0 unspecified atom stereocenters. The molecule has 108 heavy (non-hydrogen) atoms. The number of primary amides is 4. The van der Waals surface area contributed by atoms with Gasteiger partial charge in [-0.15, -0.1) is 0 Å². The number of nitrogens with zero attached hydrogens (tertiary/aromatic N) is 8. The summed E-state index contributed by atoms with van der Waals surface area (Å²) < 4.78 is 21.6. The zero-order valence-electron chi connectivity index (χ0n) is 64.6. The molecule has 0 aromatic carbocycles. The molecule has 20 N–H and O–H groups in total. The molecule has 4 aromatic heterocycles. The number of methoxy groups -OCH3 is 4. The zero-order chi connectivity index (χ0) is 77.6. The molecule has 8 aliphatic rings. The van der Waals surface area contributed by atoms with Gasteiger partial charge < -0.3 is 105 Å². The van der Waals surface area contributed by atoms with E-state index in [1.165, 1.54) is 24.8 Å². The van der Waals surface area contributed by atoms with Crippen molar-refractivity contribution < 1.29 is 58.6 Å². The van der Waals surface area contributed by atoms with Gasteiger partial charge in [-0.3, -0.25) is 19.2 Å². The molecule has 12 rings (SSSR count). The molecule has 0 spiro atoms. The zero-order valence-corrected chi connectivity index (χ0v) is 64.6. The molecule has 600 valence electrons. The van der Waals surface area contributed by atoms with Crippen LogP contribution < -0.4 is 65.5 Å². The second-order valence-corrected chi connectivity index (χ2v) is 31.5. The summed E-state index contributed by atoms with van der Waals surface area (Å²) in [5.41, 5.74) is 23.1. The van der Waals surface area contributed by atoms with E-state index in [2.05, 4.69) is 110 Å². The minimum absolute atomic E-state index is 0.0641. The smallest absolute Gasteiger partial charge is 0.254 e. The molecule has 4 heterocycles. The van der Waals surface area contributed by atoms with Crippen molar-refractivity contribution in [3.63, 3.8) is 0 Å². The first-order chi connectivity index (χ1) is 51.8. The van der Waals surface area contributed by atoms with Crippen LogP contribution in [0.2, 0.25) is 0 Å². The Balaban J connectivity index is 0.000000166. The number of ether oxygens (including phenoxy) is 4. The van der Waals surface area contributed by atoms with E-state index < -0.39 is 23.6 Å². The fourth-order valence-electron chi connectivity index (χ4n) is 16.0. The summed E-state index contributed by atoms with van der Waals surface area (Å²) in [5.74, 6) is 2.68. The van der Waals surface area contributed by atoms with E-state index in [4.69, 9.17) is 41.9 Å². The third-order valence-electron chi connectivity index (χ3n) is 23.6. The minimum atomic E-state index is -0.561. The van der Waals surface area contributed by atoms with Gasteiger partial charge >= 0.3 is 0 Å². The van der Waals surface area contributed by atoms with Crippen molar-refractivity contribution in [2.24, 2.45) is 46.6 Å². The van der Waals surface area contributed by atoms with Crippen molar-refractivity contribution in [2.45, 2.75) is 305 Å². The lowest BCUT2D eigenvalue weighted by atomic mass is 9.85. The maximum Gasteiger partial charge on any atom is 0.254 e. The molecule has 8 aliphatic carbocycles. The highest BCUT2D eigenvalue weighted by Crippen LogP contribution is 2.35. The predicted molar refractivity (Wildman–Crippen MR) is 415 cm³/mol. The van der Waals surface area contributed by atoms with Crippen molar-refractivity contribution in [1.82, 2.24) is 39.9 Å². The Morgan fingerprint density at radius 1 is 0.296 bits per heavy atom. The Hall–Kier alpha value is -7.72. The number of hydrogen-bond acceptors (Lipinski definition) is 28. The molecule has 0 saturated heterocycles. The lowest BCUT2D eigenvalue weighted by Crippen LogP contribution is -2.36. The molecule has 4 amide bonds. The van der Waals surface area contributed by atoms with Crippen molar-refractivity contribution >= 4 is 70.7 Å². The summed E-state index contributed by atoms with van der Waals surface area (Å²) in [4.78, 5) is 82.2. The van der Waals surface area contributed by atoms with Crippen LogP contribution >= 0.6 is 0 Å². The summed E-state index contributed by atoms with van der Waals surface area (Å²) >= 11 is 0. The Morgan fingerprint density at radius 3 is 0.630 bits per heavy atom. The molecule has 8 fully saturated rings. The van der Waals surface area contributed by atoms with Crippen LogP contribution in [-0.4, -0.2) is 210 Å². The van der Waals surface area contributed by atoms with E-state index in [0.29, 0.717) is 145 Å². The number of aliphatic hydroxyl groups is 4. The molecule has 32 heteroatoms. The van der Waals surface area contributed by atoms with E-state index in [9.17, 15) is 39.6 Å². The highest BCUT2D eigenvalue weighted by atomic mass is 16.5. The van der Waals surface area contributed by atoms with Gasteiger partial charge in [0, 0.05) is 102 Å². The summed E-state index contributed by atoms with van der Waals surface area (Å²) in [6.45, 7) is 8.23. The average Bonchev–Trinajstić information content (AvgIpc) is 0.837. The number of aliphatic hydroxyl groups excluding tert-OH is 4. The summed E-state index contributed by atoms with van der Waals surface area (Å²) in [5, 5.41) is 67.2. The van der Waals surface area contributed by atoms with Gasteiger partial charge in [0.25, 0.3) is 23.6 Å². The first kappa shape index (κ1) is 84.3. The number of nitrogens with two attached hydrogens (primary N) is 4. The van der Waals surface area contributed by atoms with Gasteiger partial charge in [0.2, 0.25) is 23.8 Å². The van der Waals surface area contributed by atoms with Crippen LogP contribution in [0.15, 0.2) is 24.8 Å². The van der Waals surface area contributed by atoms with E-state index in [-0.39, 0.29) is 70.8 Å². The number of amides is 4. The molecule has 8 saturated carbocycles. The largest absolute Gasteiger partial charge is 0.393 e. The van der Waals surface area contributed by atoms with Crippen LogP contribution in [0.1, 0.15) is 249 Å². The van der Waals surface area contributed by atoms with Gasteiger partial charge in [-0.1, -0.05) is 27.7 Å². The first-order valence-corrected chi connectivity index (χ1v) is 39.5. The van der Waals surface area contributed by atoms with Crippen molar-refractivity contribution in [3.8, 4) is 0 Å². The van der Waals surface area contributed by atoms with Gasteiger partial charge in [-0.2, -0.15) is 19.9 Å². The van der Waals surface area contributed by atoms with Gasteiger partial charge in [-0.05, 0) is 203 Å². The highest BCUT2D eigenvalue weighted by molar-refractivity contribution is 5.99. The predicted octanol–water partition coefficient (Wildman–Crippen LogP) is 7.63. The Morgan fingerprint density at radius 2 is 0.472 bits per heavy atom. The van der Waals surface area contributed by atoms with Crippen molar-refractivity contribution in [1.29, 1.82) is 0 Å². The number of anilines is 8. The normalized spacial score (nSPS) is 31.3. The maximum absolute atomic E-state index is 11.8. The maximum atomic E-state index is 11.8. The standard InChI is InChI=1S/4C19H31N5O3/c4*1-11-3-4-13(9-16(11)25)22-18-15(17(20)26)10-21-19(24-18)23-12-5-7-14(27-2)8-6-12/h4*10-14,16,25H,3-9H2,1-2H3,(H2,20,26)(H2,21,22,23,24)/t2*11-,12?,13+,14?,16-;2*11-,12?,13-,14?,16-/m1010/s1. The lowest BCUT2D eigenvalue weighted by molar-refractivity contribution is 0.0680. The molecular formula is C76H124N20O12. The molecule has 0 bridgehead atoms. The van der Waals surface area contributed by atoms with Crippen LogP contribution in [0.5, 0.6) is 0 Å². The van der Waals surface area contributed by atoms with Gasteiger partial charge in [0.05, 0.1) is 71.1 Å². The number of rotatable bonds is 24. The fourth-order valence-corrected chi connectivity index (χ4v) is 16.0. The molecule has 4 aromatic rings. The van der Waals surface area contributed by atoms with Gasteiger partial charge in [0.15, 0.2) is 0 Å². The summed E-state index contributed by atoms with van der Waals surface area (Å²) in [6.07, 6.45) is 31.8. The van der Waals surface area contributed by atoms with Gasteiger partial charge in [-0.25, -0.2) is 19.9 Å². The molecular weight excluding hydrogens is 1380 g/mol. The van der Waals surface area contributed by atoms with Crippen molar-refractivity contribution in [3.05, 3.63) is 47.0 Å². The average molecular weight is 1510 g/mol. The van der Waals surface area contributed by atoms with Crippen LogP contribution in [0.25, 0.3) is 0 Å². The van der Waals surface area contributed by atoms with Crippen molar-refractivity contribution in [2.75, 3.05) is 71.0 Å². The third kappa shape index (κ3) is 25.2. The molecule has 32 nitrogen and oxygen atoms in total. The van der Waals surface area contributed by atoms with E-state index in [0.717, 1.165) is 154 Å². The van der Waals surface area contributed by atoms with E-state index in [1.807, 2.05) is 0 Å². The summed E-state index contributed by atoms with van der Waals surface area (Å²) in [7, 11) is 7.02. The van der Waals surface area contributed by atoms with Crippen LogP contribution in [0.4, 0.5) is 47.1 Å².